The lowest BCUT2D eigenvalue weighted by molar-refractivity contribution is 0.406. The molecule has 15 heavy (non-hydrogen) atoms. The van der Waals surface area contributed by atoms with Gasteiger partial charge in [0, 0.05) is 5.02 Å². The molecule has 0 unspecified atom stereocenters. The minimum atomic E-state index is 0.778. The molecular weight excluding hydrogens is 210 g/mol. The zero-order chi connectivity index (χ0) is 11.3. The summed E-state index contributed by atoms with van der Waals surface area (Å²) in [4.78, 5) is 0. The monoisotopic (exact) mass is 227 g/mol. The first-order valence-corrected chi connectivity index (χ1v) is 5.60. The molecule has 0 spiro atoms. The van der Waals surface area contributed by atoms with Crippen molar-refractivity contribution in [3.05, 3.63) is 28.3 Å². The van der Waals surface area contributed by atoms with Gasteiger partial charge < -0.3 is 10.1 Å². The number of hydrogen-bond acceptors (Lipinski definition) is 2. The first kappa shape index (κ1) is 12.3. The van der Waals surface area contributed by atoms with Gasteiger partial charge in [0.2, 0.25) is 0 Å². The summed E-state index contributed by atoms with van der Waals surface area (Å²) >= 11 is 6.02. The van der Waals surface area contributed by atoms with Crippen LogP contribution in [0.2, 0.25) is 5.02 Å². The van der Waals surface area contributed by atoms with Crippen molar-refractivity contribution in [2.75, 3.05) is 20.2 Å². The Kier molecular flexibility index (Phi) is 4.92. The van der Waals surface area contributed by atoms with Gasteiger partial charge in [0.15, 0.2) is 0 Å². The van der Waals surface area contributed by atoms with Gasteiger partial charge in [0.05, 0.1) is 7.11 Å². The molecule has 0 saturated heterocycles. The molecule has 0 saturated carbocycles. The molecule has 1 aromatic carbocycles. The number of likely N-dealkylation sites (N-methyl/N-ethyl adjacent to an activating group) is 1. The van der Waals surface area contributed by atoms with Crippen LogP contribution in [0.15, 0.2) is 12.1 Å². The molecular formula is C12H18ClNO. The van der Waals surface area contributed by atoms with Gasteiger partial charge in [-0.1, -0.05) is 18.5 Å². The Morgan fingerprint density at radius 2 is 2.13 bits per heavy atom. The van der Waals surface area contributed by atoms with Gasteiger partial charge >= 0.3 is 0 Å². The van der Waals surface area contributed by atoms with Crippen LogP contribution < -0.4 is 10.1 Å². The zero-order valence-corrected chi connectivity index (χ0v) is 10.3. The normalized spacial score (nSPS) is 10.4. The summed E-state index contributed by atoms with van der Waals surface area (Å²) in [5.41, 5.74) is 2.26. The standard InChI is InChI=1S/C12H18ClNO/c1-4-14-6-5-10-8-11(13)7-9(2)12(10)15-3/h7-8,14H,4-6H2,1-3H3. The highest BCUT2D eigenvalue weighted by molar-refractivity contribution is 6.30. The zero-order valence-electron chi connectivity index (χ0n) is 9.56. The number of ether oxygens (including phenoxy) is 1. The van der Waals surface area contributed by atoms with Crippen LogP contribution in [-0.4, -0.2) is 20.2 Å². The van der Waals surface area contributed by atoms with Crippen molar-refractivity contribution in [2.24, 2.45) is 0 Å². The smallest absolute Gasteiger partial charge is 0.125 e. The van der Waals surface area contributed by atoms with Crippen molar-refractivity contribution < 1.29 is 4.74 Å². The molecule has 1 aromatic rings. The summed E-state index contributed by atoms with van der Waals surface area (Å²) in [6.07, 6.45) is 0.943. The number of nitrogens with one attached hydrogen (secondary N) is 1. The fraction of sp³-hybridized carbons (Fsp3) is 0.500. The molecule has 3 heteroatoms. The molecule has 84 valence electrons. The van der Waals surface area contributed by atoms with Gasteiger partial charge in [0.1, 0.15) is 5.75 Å². The van der Waals surface area contributed by atoms with E-state index in [1.54, 1.807) is 7.11 Å². The molecule has 0 aliphatic carbocycles. The van der Waals surface area contributed by atoms with E-state index in [2.05, 4.69) is 12.2 Å². The van der Waals surface area contributed by atoms with Crippen molar-refractivity contribution in [1.82, 2.24) is 5.32 Å². The molecule has 0 fully saturated rings. The molecule has 1 rings (SSSR count). The predicted octanol–water partition coefficient (Wildman–Crippen LogP) is 2.81. The Morgan fingerprint density at radius 1 is 1.40 bits per heavy atom. The van der Waals surface area contributed by atoms with E-state index in [-0.39, 0.29) is 0 Å². The Morgan fingerprint density at radius 3 is 2.73 bits per heavy atom. The minimum absolute atomic E-state index is 0.778. The summed E-state index contributed by atoms with van der Waals surface area (Å²) in [6.45, 7) is 6.05. The molecule has 0 aliphatic heterocycles. The molecule has 0 radical (unpaired) electrons. The number of hydrogen-bond donors (Lipinski definition) is 1. The van der Waals surface area contributed by atoms with E-state index in [0.29, 0.717) is 0 Å². The van der Waals surface area contributed by atoms with E-state index in [1.165, 1.54) is 5.56 Å². The lowest BCUT2D eigenvalue weighted by atomic mass is 10.1. The average molecular weight is 228 g/mol. The van der Waals surface area contributed by atoms with Crippen LogP contribution in [0, 0.1) is 6.92 Å². The third-order valence-electron chi connectivity index (χ3n) is 2.34. The van der Waals surface area contributed by atoms with Gasteiger partial charge in [-0.3, -0.25) is 0 Å². The van der Waals surface area contributed by atoms with Gasteiger partial charge in [-0.25, -0.2) is 0 Å². The van der Waals surface area contributed by atoms with E-state index in [4.69, 9.17) is 16.3 Å². The van der Waals surface area contributed by atoms with Crippen molar-refractivity contribution in [1.29, 1.82) is 0 Å². The topological polar surface area (TPSA) is 21.3 Å². The van der Waals surface area contributed by atoms with Crippen molar-refractivity contribution in [3.63, 3.8) is 0 Å². The second-order valence-corrected chi connectivity index (χ2v) is 3.96. The number of rotatable bonds is 5. The lowest BCUT2D eigenvalue weighted by Gasteiger charge is -2.12. The van der Waals surface area contributed by atoms with E-state index >= 15 is 0 Å². The molecule has 0 aliphatic rings. The van der Waals surface area contributed by atoms with Gasteiger partial charge in [-0.05, 0) is 49.7 Å². The number of methoxy groups -OCH3 is 1. The summed E-state index contributed by atoms with van der Waals surface area (Å²) in [6, 6.07) is 3.90. The van der Waals surface area contributed by atoms with Crippen molar-refractivity contribution in [2.45, 2.75) is 20.3 Å². The van der Waals surface area contributed by atoms with E-state index in [9.17, 15) is 0 Å². The van der Waals surface area contributed by atoms with Gasteiger partial charge in [-0.2, -0.15) is 0 Å². The van der Waals surface area contributed by atoms with Crippen LogP contribution in [0.1, 0.15) is 18.1 Å². The average Bonchev–Trinajstić information content (AvgIpc) is 2.17. The Balaban J connectivity index is 2.84. The number of halogens is 1. The summed E-state index contributed by atoms with van der Waals surface area (Å²) < 4.78 is 5.38. The van der Waals surface area contributed by atoms with E-state index in [1.807, 2.05) is 19.1 Å². The second kappa shape index (κ2) is 5.99. The Hall–Kier alpha value is -0.730. The SMILES string of the molecule is CCNCCc1cc(Cl)cc(C)c1OC. The quantitative estimate of drug-likeness (QED) is 0.782. The Labute approximate surface area is 96.6 Å². The molecule has 0 atom stereocenters. The highest BCUT2D eigenvalue weighted by Gasteiger charge is 2.07. The summed E-state index contributed by atoms with van der Waals surface area (Å²) in [5.74, 6) is 0.956. The maximum absolute atomic E-state index is 6.02. The molecule has 0 heterocycles. The third-order valence-corrected chi connectivity index (χ3v) is 2.56. The van der Waals surface area contributed by atoms with Crippen LogP contribution in [0.4, 0.5) is 0 Å². The second-order valence-electron chi connectivity index (χ2n) is 3.52. The fourth-order valence-corrected chi connectivity index (χ4v) is 1.97. The minimum Gasteiger partial charge on any atom is -0.496 e. The van der Waals surface area contributed by atoms with Crippen LogP contribution in [0.3, 0.4) is 0 Å². The predicted molar refractivity (Wildman–Crippen MR) is 65.0 cm³/mol. The molecule has 0 bridgehead atoms. The van der Waals surface area contributed by atoms with Crippen LogP contribution >= 0.6 is 11.6 Å². The van der Waals surface area contributed by atoms with Crippen molar-refractivity contribution >= 4 is 11.6 Å². The molecule has 0 aromatic heterocycles. The fourth-order valence-electron chi connectivity index (χ4n) is 1.68. The third kappa shape index (κ3) is 3.40. The number of aryl methyl sites for hydroxylation is 1. The van der Waals surface area contributed by atoms with Crippen molar-refractivity contribution in [3.8, 4) is 5.75 Å². The largest absolute Gasteiger partial charge is 0.496 e. The maximum Gasteiger partial charge on any atom is 0.125 e. The maximum atomic E-state index is 6.02. The van der Waals surface area contributed by atoms with Gasteiger partial charge in [-0.15, -0.1) is 0 Å². The van der Waals surface area contributed by atoms with Crippen LogP contribution in [0.25, 0.3) is 0 Å². The lowest BCUT2D eigenvalue weighted by Crippen LogP contribution is -2.16. The van der Waals surface area contributed by atoms with E-state index in [0.717, 1.165) is 35.8 Å². The summed E-state index contributed by atoms with van der Waals surface area (Å²) in [7, 11) is 1.70. The van der Waals surface area contributed by atoms with Crippen LogP contribution in [0.5, 0.6) is 5.75 Å². The first-order chi connectivity index (χ1) is 7.19. The summed E-state index contributed by atoms with van der Waals surface area (Å²) in [5, 5.41) is 4.07. The number of benzene rings is 1. The highest BCUT2D eigenvalue weighted by Crippen LogP contribution is 2.27. The molecule has 1 N–H and O–H groups in total. The van der Waals surface area contributed by atoms with Crippen LogP contribution in [-0.2, 0) is 6.42 Å². The van der Waals surface area contributed by atoms with E-state index < -0.39 is 0 Å². The van der Waals surface area contributed by atoms with Gasteiger partial charge in [0.25, 0.3) is 0 Å². The first-order valence-electron chi connectivity index (χ1n) is 5.22. The molecule has 2 nitrogen and oxygen atoms in total. The highest BCUT2D eigenvalue weighted by atomic mass is 35.5. The Bertz CT molecular complexity index is 326. The molecule has 0 amide bonds.